The van der Waals surface area contributed by atoms with E-state index in [1.165, 1.54) is 18.2 Å². The highest BCUT2D eigenvalue weighted by Crippen LogP contribution is 2.38. The summed E-state index contributed by atoms with van der Waals surface area (Å²) in [5, 5.41) is 27.2. The summed E-state index contributed by atoms with van der Waals surface area (Å²) in [6.07, 6.45) is 3.66. The molecule has 9 nitrogen and oxygen atoms in total. The van der Waals surface area contributed by atoms with E-state index in [4.69, 9.17) is 14.6 Å². The van der Waals surface area contributed by atoms with E-state index in [1.807, 2.05) is 6.92 Å². The van der Waals surface area contributed by atoms with Crippen LogP contribution < -0.4 is 5.32 Å². The summed E-state index contributed by atoms with van der Waals surface area (Å²) in [5.41, 5.74) is 2.39. The van der Waals surface area contributed by atoms with Gasteiger partial charge in [0.2, 0.25) is 0 Å². The molecule has 9 heteroatoms. The molecule has 3 heterocycles. The molecule has 0 radical (unpaired) electrons. The molecule has 0 bridgehead atoms. The first-order valence-corrected chi connectivity index (χ1v) is 11.1. The van der Waals surface area contributed by atoms with Gasteiger partial charge in [0.05, 0.1) is 12.3 Å². The Balaban J connectivity index is 1.46. The number of carbonyl (C=O) groups excluding carboxylic acids is 2. The van der Waals surface area contributed by atoms with Gasteiger partial charge in [-0.3, -0.25) is 9.48 Å². The number of esters is 1. The molecule has 0 atom stereocenters. The van der Waals surface area contributed by atoms with E-state index >= 15 is 0 Å². The van der Waals surface area contributed by atoms with Crippen molar-refractivity contribution in [3.05, 3.63) is 40.7 Å². The standard InChI is InChI=1S/C23H29N3O6/c1-2-26-19-16(13-23(14-24-21(19)29)8-11-31-12-9-23)17(25-26)6-4-10-32-22(30)15-5-3-7-18(27)20(15)28/h3,5,7,27-28H,2,4,6,8-14H2,1H3,(H,24,29). The van der Waals surface area contributed by atoms with Gasteiger partial charge in [-0.05, 0) is 56.6 Å². The smallest absolute Gasteiger partial charge is 0.342 e. The van der Waals surface area contributed by atoms with Crippen LogP contribution in [0.5, 0.6) is 11.5 Å². The van der Waals surface area contributed by atoms with E-state index < -0.39 is 11.7 Å². The zero-order valence-corrected chi connectivity index (χ0v) is 18.2. The van der Waals surface area contributed by atoms with E-state index in [9.17, 15) is 19.8 Å². The molecule has 1 saturated heterocycles. The SMILES string of the molecule is CCn1nc(CCCOC(=O)c2cccc(O)c2O)c2c1C(=O)NCC1(CCOCC1)C2. The van der Waals surface area contributed by atoms with Gasteiger partial charge in [0, 0.05) is 31.9 Å². The van der Waals surface area contributed by atoms with Crippen LogP contribution in [0.1, 0.15) is 58.3 Å². The van der Waals surface area contributed by atoms with Crippen LogP contribution in [-0.2, 0) is 28.9 Å². The summed E-state index contributed by atoms with van der Waals surface area (Å²) in [6, 6.07) is 4.16. The molecule has 0 unspecified atom stereocenters. The lowest BCUT2D eigenvalue weighted by Crippen LogP contribution is -2.40. The number of rotatable bonds is 6. The van der Waals surface area contributed by atoms with Crippen molar-refractivity contribution in [2.24, 2.45) is 5.41 Å². The number of hydrogen-bond acceptors (Lipinski definition) is 7. The van der Waals surface area contributed by atoms with E-state index in [-0.39, 0.29) is 29.2 Å². The largest absolute Gasteiger partial charge is 0.504 e. The molecule has 2 aromatic rings. The van der Waals surface area contributed by atoms with Crippen LogP contribution in [0.3, 0.4) is 0 Å². The van der Waals surface area contributed by atoms with Gasteiger partial charge in [-0.15, -0.1) is 0 Å². The van der Waals surface area contributed by atoms with Crippen molar-refractivity contribution in [2.75, 3.05) is 26.4 Å². The van der Waals surface area contributed by atoms with E-state index in [2.05, 4.69) is 5.32 Å². The maximum Gasteiger partial charge on any atom is 0.342 e. The highest BCUT2D eigenvalue weighted by atomic mass is 16.5. The fraction of sp³-hybridized carbons (Fsp3) is 0.522. The van der Waals surface area contributed by atoms with Crippen LogP contribution >= 0.6 is 0 Å². The van der Waals surface area contributed by atoms with E-state index in [1.54, 1.807) is 4.68 Å². The van der Waals surface area contributed by atoms with Crippen molar-refractivity contribution >= 4 is 11.9 Å². The first-order chi connectivity index (χ1) is 15.4. The molecule has 0 saturated carbocycles. The van der Waals surface area contributed by atoms with Gasteiger partial charge in [0.25, 0.3) is 5.91 Å². The van der Waals surface area contributed by atoms with Gasteiger partial charge >= 0.3 is 5.97 Å². The Labute approximate surface area is 186 Å². The Morgan fingerprint density at radius 3 is 2.84 bits per heavy atom. The molecular weight excluding hydrogens is 414 g/mol. The predicted octanol–water partition coefficient (Wildman–Crippen LogP) is 2.19. The van der Waals surface area contributed by atoms with Crippen LogP contribution in [-0.4, -0.2) is 58.2 Å². The minimum atomic E-state index is -0.697. The molecule has 1 fully saturated rings. The molecule has 3 N–H and O–H groups in total. The number of ether oxygens (including phenoxy) is 2. The second kappa shape index (κ2) is 9.20. The van der Waals surface area contributed by atoms with Crippen molar-refractivity contribution in [1.82, 2.24) is 15.1 Å². The molecule has 4 rings (SSSR count). The number of benzene rings is 1. The van der Waals surface area contributed by atoms with Crippen LogP contribution in [0.4, 0.5) is 0 Å². The quantitative estimate of drug-likeness (QED) is 0.355. The summed E-state index contributed by atoms with van der Waals surface area (Å²) in [7, 11) is 0. The Morgan fingerprint density at radius 2 is 2.09 bits per heavy atom. The summed E-state index contributed by atoms with van der Waals surface area (Å²) in [5.74, 6) is -1.64. The summed E-state index contributed by atoms with van der Waals surface area (Å²) in [4.78, 5) is 25.1. The number of hydrogen-bond donors (Lipinski definition) is 3. The highest BCUT2D eigenvalue weighted by molar-refractivity contribution is 5.95. The summed E-state index contributed by atoms with van der Waals surface area (Å²) in [6.45, 7) is 4.71. The molecule has 1 amide bonds. The number of phenolic OH excluding ortho intramolecular Hbond substituents is 2. The summed E-state index contributed by atoms with van der Waals surface area (Å²) >= 11 is 0. The number of carbonyl (C=O) groups is 2. The van der Waals surface area contributed by atoms with Crippen molar-refractivity contribution < 1.29 is 29.3 Å². The van der Waals surface area contributed by atoms with Crippen molar-refractivity contribution in [2.45, 2.75) is 45.6 Å². The van der Waals surface area contributed by atoms with Crippen LogP contribution in [0, 0.1) is 5.41 Å². The average molecular weight is 444 g/mol. The molecule has 2 aliphatic heterocycles. The van der Waals surface area contributed by atoms with Gasteiger partial charge in [0.1, 0.15) is 11.3 Å². The minimum Gasteiger partial charge on any atom is -0.504 e. The number of para-hydroxylation sites is 1. The zero-order chi connectivity index (χ0) is 22.7. The Bertz CT molecular complexity index is 1010. The molecular formula is C23H29N3O6. The number of aromatic nitrogens is 2. The van der Waals surface area contributed by atoms with Gasteiger partial charge in [-0.2, -0.15) is 5.10 Å². The third-order valence-electron chi connectivity index (χ3n) is 6.40. The number of fused-ring (bicyclic) bond motifs is 1. The highest BCUT2D eigenvalue weighted by Gasteiger charge is 2.39. The number of aryl methyl sites for hydroxylation is 2. The van der Waals surface area contributed by atoms with Crippen molar-refractivity contribution in [3.8, 4) is 11.5 Å². The number of nitrogens with one attached hydrogen (secondary N) is 1. The molecule has 1 aromatic carbocycles. The monoisotopic (exact) mass is 443 g/mol. The maximum atomic E-state index is 12.8. The molecule has 172 valence electrons. The van der Waals surface area contributed by atoms with E-state index in [0.29, 0.717) is 44.8 Å². The second-order valence-corrected chi connectivity index (χ2v) is 8.47. The minimum absolute atomic E-state index is 0.0190. The zero-order valence-electron chi connectivity index (χ0n) is 18.2. The van der Waals surface area contributed by atoms with Gasteiger partial charge in [-0.1, -0.05) is 6.07 Å². The molecule has 2 aliphatic rings. The number of phenols is 2. The normalized spacial score (nSPS) is 17.5. The lowest BCUT2D eigenvalue weighted by Gasteiger charge is -2.36. The molecule has 1 spiro atoms. The molecule has 32 heavy (non-hydrogen) atoms. The van der Waals surface area contributed by atoms with Crippen LogP contribution in [0.2, 0.25) is 0 Å². The Kier molecular flexibility index (Phi) is 6.36. The van der Waals surface area contributed by atoms with Gasteiger partial charge < -0.3 is 25.0 Å². The predicted molar refractivity (Wildman–Crippen MR) is 115 cm³/mol. The number of amides is 1. The van der Waals surface area contributed by atoms with Crippen LogP contribution in [0.25, 0.3) is 0 Å². The lowest BCUT2D eigenvalue weighted by atomic mass is 9.75. The number of aromatic hydroxyl groups is 2. The third kappa shape index (κ3) is 4.29. The Hall–Kier alpha value is -3.07. The fourth-order valence-corrected chi connectivity index (χ4v) is 4.54. The van der Waals surface area contributed by atoms with Gasteiger partial charge in [0.15, 0.2) is 11.5 Å². The average Bonchev–Trinajstić information content (AvgIpc) is 3.07. The second-order valence-electron chi connectivity index (χ2n) is 8.47. The topological polar surface area (TPSA) is 123 Å². The Morgan fingerprint density at radius 1 is 1.31 bits per heavy atom. The van der Waals surface area contributed by atoms with Crippen molar-refractivity contribution in [3.63, 3.8) is 0 Å². The first-order valence-electron chi connectivity index (χ1n) is 11.1. The molecule has 1 aromatic heterocycles. The first kappa shape index (κ1) is 22.1. The third-order valence-corrected chi connectivity index (χ3v) is 6.40. The fourth-order valence-electron chi connectivity index (χ4n) is 4.54. The summed E-state index contributed by atoms with van der Waals surface area (Å²) < 4.78 is 12.6. The number of nitrogens with zero attached hydrogens (tertiary/aromatic N) is 2. The van der Waals surface area contributed by atoms with Gasteiger partial charge in [-0.25, -0.2) is 4.79 Å². The van der Waals surface area contributed by atoms with E-state index in [0.717, 1.165) is 30.5 Å². The maximum absolute atomic E-state index is 12.8. The van der Waals surface area contributed by atoms with Crippen molar-refractivity contribution in [1.29, 1.82) is 0 Å². The molecule has 0 aliphatic carbocycles. The van der Waals surface area contributed by atoms with Crippen LogP contribution in [0.15, 0.2) is 18.2 Å². The lowest BCUT2D eigenvalue weighted by molar-refractivity contribution is 0.0160.